The Morgan fingerprint density at radius 3 is 2.61 bits per heavy atom. The molecule has 0 unspecified atom stereocenters. The lowest BCUT2D eigenvalue weighted by molar-refractivity contribution is -0.117. The molecule has 0 saturated heterocycles. The number of nitrogens with one attached hydrogen (secondary N) is 1. The van der Waals surface area contributed by atoms with Crippen molar-refractivity contribution in [3.63, 3.8) is 0 Å². The molecule has 0 aliphatic carbocycles. The van der Waals surface area contributed by atoms with Crippen molar-refractivity contribution in [2.75, 3.05) is 30.4 Å². The number of hydrogen-bond acceptors (Lipinski definition) is 5. The highest BCUT2D eigenvalue weighted by Gasteiger charge is 2.31. The van der Waals surface area contributed by atoms with Crippen LogP contribution in [0.2, 0.25) is 0 Å². The van der Waals surface area contributed by atoms with Crippen LogP contribution in [-0.2, 0) is 26.0 Å². The molecule has 166 valence electrons. The lowest BCUT2D eigenvalue weighted by Crippen LogP contribution is -2.35. The number of benzene rings is 2. The van der Waals surface area contributed by atoms with Gasteiger partial charge in [-0.15, -0.1) is 0 Å². The van der Waals surface area contributed by atoms with Gasteiger partial charge in [0.25, 0.3) is 0 Å². The quantitative estimate of drug-likeness (QED) is 0.707. The minimum absolute atomic E-state index is 0.0284. The van der Waals surface area contributed by atoms with Crippen molar-refractivity contribution in [2.24, 2.45) is 0 Å². The monoisotopic (exact) mass is 445 g/mol. The van der Waals surface area contributed by atoms with E-state index in [1.54, 1.807) is 41.3 Å². The fraction of sp³-hybridized carbons (Fsp3) is 0.364. The maximum atomic E-state index is 13.0. The molecule has 1 N–H and O–H groups in total. The number of sulfonamides is 1. The Hall–Kier alpha value is -2.91. The van der Waals surface area contributed by atoms with Crippen LogP contribution in [-0.4, -0.2) is 50.8 Å². The van der Waals surface area contributed by atoms with Gasteiger partial charge >= 0.3 is 0 Å². The van der Waals surface area contributed by atoms with Gasteiger partial charge in [0, 0.05) is 25.7 Å². The molecule has 3 rings (SSSR count). The van der Waals surface area contributed by atoms with Crippen LogP contribution in [0, 0.1) is 0 Å². The molecule has 1 heterocycles. The summed E-state index contributed by atoms with van der Waals surface area (Å²) in [6.45, 7) is 5.35. The predicted octanol–water partition coefficient (Wildman–Crippen LogP) is 2.64. The van der Waals surface area contributed by atoms with Crippen LogP contribution >= 0.6 is 0 Å². The van der Waals surface area contributed by atoms with E-state index in [2.05, 4.69) is 5.32 Å². The highest BCUT2D eigenvalue weighted by molar-refractivity contribution is 7.89. The van der Waals surface area contributed by atoms with E-state index in [9.17, 15) is 18.0 Å². The van der Waals surface area contributed by atoms with E-state index in [-0.39, 0.29) is 23.4 Å². The van der Waals surface area contributed by atoms with Gasteiger partial charge in [-0.25, -0.2) is 8.42 Å². The Bertz CT molecular complexity index is 1100. The van der Waals surface area contributed by atoms with Gasteiger partial charge in [-0.1, -0.05) is 12.1 Å². The van der Waals surface area contributed by atoms with E-state index in [4.69, 9.17) is 4.74 Å². The smallest absolute Gasteiger partial charge is 0.243 e. The van der Waals surface area contributed by atoms with Gasteiger partial charge in [-0.2, -0.15) is 4.31 Å². The summed E-state index contributed by atoms with van der Waals surface area (Å²) in [5.41, 5.74) is 2.01. The Balaban J connectivity index is 1.75. The first-order valence-corrected chi connectivity index (χ1v) is 11.5. The van der Waals surface area contributed by atoms with E-state index < -0.39 is 15.9 Å². The number of para-hydroxylation sites is 2. The maximum absolute atomic E-state index is 13.0. The number of amides is 2. The Kier molecular flexibility index (Phi) is 6.66. The molecule has 2 aromatic carbocycles. The van der Waals surface area contributed by atoms with Crippen molar-refractivity contribution in [1.82, 2.24) is 4.31 Å². The van der Waals surface area contributed by atoms with Crippen LogP contribution < -0.4 is 15.0 Å². The van der Waals surface area contributed by atoms with Gasteiger partial charge in [0.05, 0.1) is 23.7 Å². The van der Waals surface area contributed by atoms with Crippen LogP contribution in [0.15, 0.2) is 47.4 Å². The first-order valence-electron chi connectivity index (χ1n) is 10.1. The maximum Gasteiger partial charge on any atom is 0.243 e. The first kappa shape index (κ1) is 22.8. The minimum Gasteiger partial charge on any atom is -0.492 e. The van der Waals surface area contributed by atoms with Crippen molar-refractivity contribution < 1.29 is 22.7 Å². The molecule has 9 heteroatoms. The van der Waals surface area contributed by atoms with Gasteiger partial charge in [0.1, 0.15) is 5.75 Å². The van der Waals surface area contributed by atoms with Crippen LogP contribution in [0.25, 0.3) is 0 Å². The van der Waals surface area contributed by atoms with Crippen molar-refractivity contribution in [1.29, 1.82) is 0 Å². The van der Waals surface area contributed by atoms with E-state index >= 15 is 0 Å². The number of anilines is 2. The summed E-state index contributed by atoms with van der Waals surface area (Å²) >= 11 is 0. The van der Waals surface area contributed by atoms with E-state index in [1.165, 1.54) is 20.0 Å². The van der Waals surface area contributed by atoms with Gasteiger partial charge < -0.3 is 15.0 Å². The number of hydrogen-bond donors (Lipinski definition) is 1. The fourth-order valence-corrected chi connectivity index (χ4v) is 4.93. The standard InChI is InChI=1S/C22H27N3O5S/c1-5-30-21-9-7-6-8-19(21)23-22(27)14-24(4)31(28,29)18-10-11-20-17(13-18)12-15(2)25(20)16(3)26/h6-11,13,15H,5,12,14H2,1-4H3,(H,23,27)/t15-/m1/s1. The Morgan fingerprint density at radius 2 is 1.94 bits per heavy atom. The summed E-state index contributed by atoms with van der Waals surface area (Å²) in [6.07, 6.45) is 0.580. The Labute approximate surface area is 182 Å². The molecule has 0 radical (unpaired) electrons. The zero-order valence-electron chi connectivity index (χ0n) is 18.1. The number of ether oxygens (including phenoxy) is 1. The summed E-state index contributed by atoms with van der Waals surface area (Å²) in [5, 5.41) is 2.70. The van der Waals surface area contributed by atoms with E-state index in [0.717, 1.165) is 15.6 Å². The number of rotatable bonds is 7. The van der Waals surface area contributed by atoms with Crippen molar-refractivity contribution >= 4 is 33.2 Å². The average Bonchev–Trinajstić information content (AvgIpc) is 3.04. The van der Waals surface area contributed by atoms with Crippen LogP contribution in [0.3, 0.4) is 0 Å². The summed E-state index contributed by atoms with van der Waals surface area (Å²) in [6, 6.07) is 11.7. The van der Waals surface area contributed by atoms with Gasteiger partial charge in [0.2, 0.25) is 21.8 Å². The molecular formula is C22H27N3O5S. The molecule has 31 heavy (non-hydrogen) atoms. The zero-order valence-corrected chi connectivity index (χ0v) is 18.9. The van der Waals surface area contributed by atoms with Crippen LogP contribution in [0.4, 0.5) is 11.4 Å². The third-order valence-electron chi connectivity index (χ3n) is 5.14. The molecular weight excluding hydrogens is 418 g/mol. The predicted molar refractivity (Wildman–Crippen MR) is 119 cm³/mol. The topological polar surface area (TPSA) is 96.0 Å². The second-order valence-electron chi connectivity index (χ2n) is 7.47. The van der Waals surface area contributed by atoms with Crippen molar-refractivity contribution in [2.45, 2.75) is 38.1 Å². The molecule has 0 bridgehead atoms. The summed E-state index contributed by atoms with van der Waals surface area (Å²) in [7, 11) is -2.52. The van der Waals surface area contributed by atoms with Crippen molar-refractivity contribution in [3.8, 4) is 5.75 Å². The molecule has 0 aromatic heterocycles. The van der Waals surface area contributed by atoms with E-state index in [1.807, 2.05) is 13.8 Å². The second-order valence-corrected chi connectivity index (χ2v) is 9.52. The second kappa shape index (κ2) is 9.07. The molecule has 2 aromatic rings. The van der Waals surface area contributed by atoms with E-state index in [0.29, 0.717) is 24.5 Å². The Morgan fingerprint density at radius 1 is 1.23 bits per heavy atom. The highest BCUT2D eigenvalue weighted by Crippen LogP contribution is 2.34. The summed E-state index contributed by atoms with van der Waals surface area (Å²) in [5.74, 6) is -0.0367. The highest BCUT2D eigenvalue weighted by atomic mass is 32.2. The average molecular weight is 446 g/mol. The number of carbonyl (C=O) groups is 2. The van der Waals surface area contributed by atoms with Crippen LogP contribution in [0.5, 0.6) is 5.75 Å². The third-order valence-corrected chi connectivity index (χ3v) is 6.94. The molecule has 1 aliphatic heterocycles. The lowest BCUT2D eigenvalue weighted by atomic mass is 10.1. The molecule has 0 saturated carbocycles. The number of likely N-dealkylation sites (N-methyl/N-ethyl adjacent to an activating group) is 1. The number of fused-ring (bicyclic) bond motifs is 1. The lowest BCUT2D eigenvalue weighted by Gasteiger charge is -2.21. The minimum atomic E-state index is -3.89. The molecule has 1 atom stereocenters. The summed E-state index contributed by atoms with van der Waals surface area (Å²) in [4.78, 5) is 26.1. The molecule has 0 fully saturated rings. The number of nitrogens with zero attached hydrogens (tertiary/aromatic N) is 2. The number of carbonyl (C=O) groups excluding carboxylic acids is 2. The van der Waals surface area contributed by atoms with Crippen molar-refractivity contribution in [3.05, 3.63) is 48.0 Å². The molecule has 8 nitrogen and oxygen atoms in total. The first-order chi connectivity index (χ1) is 14.6. The fourth-order valence-electron chi connectivity index (χ4n) is 3.76. The molecule has 0 spiro atoms. The van der Waals surface area contributed by atoms with Crippen LogP contribution in [0.1, 0.15) is 26.3 Å². The zero-order chi connectivity index (χ0) is 22.8. The SMILES string of the molecule is CCOc1ccccc1NC(=O)CN(C)S(=O)(=O)c1ccc2c(c1)C[C@@H](C)N2C(C)=O. The summed E-state index contributed by atoms with van der Waals surface area (Å²) < 4.78 is 32.5. The normalized spacial score (nSPS) is 15.6. The molecule has 2 amide bonds. The molecule has 1 aliphatic rings. The van der Waals surface area contributed by atoms with Gasteiger partial charge in [-0.05, 0) is 56.2 Å². The van der Waals surface area contributed by atoms with Gasteiger partial charge in [0.15, 0.2) is 0 Å². The third kappa shape index (κ3) is 4.72. The largest absolute Gasteiger partial charge is 0.492 e. The van der Waals surface area contributed by atoms with Gasteiger partial charge in [-0.3, -0.25) is 9.59 Å².